The van der Waals surface area contributed by atoms with Gasteiger partial charge in [-0.1, -0.05) is 59.6 Å². The summed E-state index contributed by atoms with van der Waals surface area (Å²) in [5.74, 6) is -0.847. The van der Waals surface area contributed by atoms with E-state index in [9.17, 15) is 14.9 Å². The molecule has 0 unspecified atom stereocenters. The molecule has 0 radical (unpaired) electrons. The van der Waals surface area contributed by atoms with Gasteiger partial charge in [0.1, 0.15) is 24.0 Å². The van der Waals surface area contributed by atoms with Gasteiger partial charge in [0.25, 0.3) is 5.91 Å². The molecule has 0 heterocycles. The SMILES string of the molecule is COC(=O)c1ccccc1NC(=O)/C(C#N)=C\c1ccc(OCc2ccccc2Cl)c(Cl)c1. The zero-order valence-corrected chi connectivity index (χ0v) is 19.0. The van der Waals surface area contributed by atoms with Crippen LogP contribution < -0.4 is 10.1 Å². The number of carbonyl (C=O) groups is 2. The molecule has 0 aliphatic carbocycles. The normalized spacial score (nSPS) is 10.8. The number of amides is 1. The highest BCUT2D eigenvalue weighted by Gasteiger charge is 2.16. The summed E-state index contributed by atoms with van der Waals surface area (Å²) in [5, 5.41) is 12.9. The van der Waals surface area contributed by atoms with E-state index in [2.05, 4.69) is 5.32 Å². The molecule has 0 aromatic heterocycles. The van der Waals surface area contributed by atoms with E-state index in [0.717, 1.165) is 5.56 Å². The number of methoxy groups -OCH3 is 1. The maximum Gasteiger partial charge on any atom is 0.339 e. The molecule has 1 amide bonds. The van der Waals surface area contributed by atoms with Crippen LogP contribution in [0.5, 0.6) is 5.75 Å². The fourth-order valence-electron chi connectivity index (χ4n) is 2.88. The van der Waals surface area contributed by atoms with Crippen LogP contribution in [0.2, 0.25) is 10.0 Å². The van der Waals surface area contributed by atoms with E-state index in [1.165, 1.54) is 19.3 Å². The molecular weight excluding hydrogens is 463 g/mol. The van der Waals surface area contributed by atoms with Crippen molar-refractivity contribution in [1.82, 2.24) is 0 Å². The fraction of sp³-hybridized carbons (Fsp3) is 0.0800. The van der Waals surface area contributed by atoms with Crippen molar-refractivity contribution in [3.8, 4) is 11.8 Å². The number of hydrogen-bond donors (Lipinski definition) is 1. The van der Waals surface area contributed by atoms with Gasteiger partial charge >= 0.3 is 5.97 Å². The monoisotopic (exact) mass is 480 g/mol. The van der Waals surface area contributed by atoms with Gasteiger partial charge in [0.15, 0.2) is 0 Å². The van der Waals surface area contributed by atoms with Crippen LogP contribution in [-0.2, 0) is 16.1 Å². The van der Waals surface area contributed by atoms with Crippen molar-refractivity contribution >= 4 is 46.8 Å². The summed E-state index contributed by atoms with van der Waals surface area (Å²) in [7, 11) is 1.24. The predicted molar refractivity (Wildman–Crippen MR) is 127 cm³/mol. The van der Waals surface area contributed by atoms with Crippen LogP contribution >= 0.6 is 23.2 Å². The standard InChI is InChI=1S/C25H18Cl2N2O4/c1-32-25(31)19-7-3-5-9-22(19)29-24(30)18(14-28)12-16-10-11-23(21(27)13-16)33-15-17-6-2-4-8-20(17)26/h2-13H,15H2,1H3,(H,29,30)/b18-12-. The Labute approximate surface area is 201 Å². The number of hydrogen-bond acceptors (Lipinski definition) is 5. The quantitative estimate of drug-likeness (QED) is 0.258. The topological polar surface area (TPSA) is 88.4 Å². The summed E-state index contributed by atoms with van der Waals surface area (Å²) in [5.41, 5.74) is 1.58. The number of esters is 1. The minimum atomic E-state index is -0.677. The second kappa shape index (κ2) is 11.2. The molecule has 0 bridgehead atoms. The lowest BCUT2D eigenvalue weighted by molar-refractivity contribution is -0.112. The van der Waals surface area contributed by atoms with Gasteiger partial charge < -0.3 is 14.8 Å². The van der Waals surface area contributed by atoms with Crippen molar-refractivity contribution in [2.45, 2.75) is 6.61 Å². The van der Waals surface area contributed by atoms with Gasteiger partial charge in [-0.15, -0.1) is 0 Å². The first kappa shape index (κ1) is 23.9. The molecule has 166 valence electrons. The number of nitrogens with zero attached hydrogens (tertiary/aromatic N) is 1. The zero-order valence-electron chi connectivity index (χ0n) is 17.5. The Bertz CT molecular complexity index is 1270. The number of para-hydroxylation sites is 1. The first-order chi connectivity index (χ1) is 15.9. The highest BCUT2D eigenvalue weighted by atomic mass is 35.5. The molecule has 0 aliphatic rings. The molecule has 1 N–H and O–H groups in total. The lowest BCUT2D eigenvalue weighted by Crippen LogP contribution is -2.16. The van der Waals surface area contributed by atoms with Crippen molar-refractivity contribution in [3.05, 3.63) is 99.0 Å². The summed E-state index contributed by atoms with van der Waals surface area (Å²) in [6.07, 6.45) is 1.39. The molecule has 3 aromatic carbocycles. The molecule has 0 saturated carbocycles. The Balaban J connectivity index is 1.75. The molecule has 0 saturated heterocycles. The van der Waals surface area contributed by atoms with Crippen LogP contribution in [0.15, 0.2) is 72.3 Å². The zero-order chi connectivity index (χ0) is 23.8. The number of anilines is 1. The lowest BCUT2D eigenvalue weighted by atomic mass is 10.1. The van der Waals surface area contributed by atoms with Gasteiger partial charge in [-0.3, -0.25) is 4.79 Å². The Hall–Kier alpha value is -3.79. The smallest absolute Gasteiger partial charge is 0.339 e. The molecule has 0 atom stereocenters. The average molecular weight is 481 g/mol. The van der Waals surface area contributed by atoms with Crippen molar-refractivity contribution in [1.29, 1.82) is 5.26 Å². The predicted octanol–water partition coefficient (Wildman–Crippen LogP) is 5.90. The Morgan fingerprint density at radius 3 is 2.45 bits per heavy atom. The molecule has 6 nitrogen and oxygen atoms in total. The Morgan fingerprint density at radius 2 is 1.76 bits per heavy atom. The van der Waals surface area contributed by atoms with Crippen LogP contribution in [0.3, 0.4) is 0 Å². The van der Waals surface area contributed by atoms with E-state index < -0.39 is 11.9 Å². The third-order valence-corrected chi connectivity index (χ3v) is 5.22. The van der Waals surface area contributed by atoms with Gasteiger partial charge in [0.05, 0.1) is 23.4 Å². The van der Waals surface area contributed by atoms with Gasteiger partial charge in [-0.05, 0) is 42.0 Å². The lowest BCUT2D eigenvalue weighted by Gasteiger charge is -2.10. The molecule has 0 aliphatic heterocycles. The van der Waals surface area contributed by atoms with E-state index in [1.54, 1.807) is 42.5 Å². The van der Waals surface area contributed by atoms with Crippen LogP contribution in [0.4, 0.5) is 5.69 Å². The second-order valence-corrected chi connectivity index (χ2v) is 7.55. The van der Waals surface area contributed by atoms with Crippen LogP contribution in [0.25, 0.3) is 6.08 Å². The Morgan fingerprint density at radius 1 is 1.03 bits per heavy atom. The number of halogens is 2. The van der Waals surface area contributed by atoms with Crippen molar-refractivity contribution in [3.63, 3.8) is 0 Å². The van der Waals surface area contributed by atoms with Crippen molar-refractivity contribution in [2.24, 2.45) is 0 Å². The second-order valence-electron chi connectivity index (χ2n) is 6.73. The van der Waals surface area contributed by atoms with Gasteiger partial charge in [0, 0.05) is 10.6 Å². The minimum absolute atomic E-state index is 0.171. The maximum atomic E-state index is 12.6. The summed E-state index contributed by atoms with van der Waals surface area (Å²) < 4.78 is 10.5. The molecular formula is C25H18Cl2N2O4. The number of carbonyl (C=O) groups excluding carboxylic acids is 2. The van der Waals surface area contributed by atoms with Crippen molar-refractivity contribution < 1.29 is 19.1 Å². The Kier molecular flexibility index (Phi) is 8.09. The number of nitrogens with one attached hydrogen (secondary N) is 1. The van der Waals surface area contributed by atoms with Gasteiger partial charge in [-0.2, -0.15) is 5.26 Å². The highest BCUT2D eigenvalue weighted by molar-refractivity contribution is 6.32. The number of nitriles is 1. The molecule has 8 heteroatoms. The number of benzene rings is 3. The van der Waals surface area contributed by atoms with Crippen LogP contribution in [-0.4, -0.2) is 19.0 Å². The van der Waals surface area contributed by atoms with E-state index in [1.807, 2.05) is 24.3 Å². The minimum Gasteiger partial charge on any atom is -0.487 e. The van der Waals surface area contributed by atoms with Crippen LogP contribution in [0.1, 0.15) is 21.5 Å². The number of rotatable bonds is 7. The largest absolute Gasteiger partial charge is 0.487 e. The third-order valence-electron chi connectivity index (χ3n) is 4.55. The van der Waals surface area contributed by atoms with Crippen molar-refractivity contribution in [2.75, 3.05) is 12.4 Å². The summed E-state index contributed by atoms with van der Waals surface area (Å²) >= 11 is 12.5. The third kappa shape index (κ3) is 6.13. The van der Waals surface area contributed by atoms with E-state index in [-0.39, 0.29) is 23.4 Å². The molecule has 0 fully saturated rings. The van der Waals surface area contributed by atoms with Gasteiger partial charge in [0.2, 0.25) is 0 Å². The van der Waals surface area contributed by atoms with E-state index in [0.29, 0.717) is 21.4 Å². The fourth-order valence-corrected chi connectivity index (χ4v) is 3.31. The highest BCUT2D eigenvalue weighted by Crippen LogP contribution is 2.28. The number of ether oxygens (including phenoxy) is 2. The summed E-state index contributed by atoms with van der Waals surface area (Å²) in [6.45, 7) is 0.236. The molecule has 3 rings (SSSR count). The average Bonchev–Trinajstić information content (AvgIpc) is 2.82. The maximum absolute atomic E-state index is 12.6. The van der Waals surface area contributed by atoms with E-state index >= 15 is 0 Å². The van der Waals surface area contributed by atoms with Crippen LogP contribution in [0, 0.1) is 11.3 Å². The first-order valence-electron chi connectivity index (χ1n) is 9.69. The molecule has 33 heavy (non-hydrogen) atoms. The van der Waals surface area contributed by atoms with E-state index in [4.69, 9.17) is 32.7 Å². The summed E-state index contributed by atoms with van der Waals surface area (Å²) in [6, 6.07) is 20.4. The molecule has 0 spiro atoms. The summed E-state index contributed by atoms with van der Waals surface area (Å²) in [4.78, 5) is 24.5. The molecule has 3 aromatic rings. The first-order valence-corrected chi connectivity index (χ1v) is 10.4. The van der Waals surface area contributed by atoms with Gasteiger partial charge in [-0.25, -0.2) is 4.79 Å².